The molecule has 0 heterocycles. The van der Waals surface area contributed by atoms with Gasteiger partial charge < -0.3 is 14.6 Å². The van der Waals surface area contributed by atoms with Crippen LogP contribution in [0, 0.1) is 0 Å². The highest BCUT2D eigenvalue weighted by molar-refractivity contribution is 7.44. The van der Waals surface area contributed by atoms with Gasteiger partial charge >= 0.3 is 19.9 Å². The minimum atomic E-state index is -1.84. The molecule has 0 bridgehead atoms. The van der Waals surface area contributed by atoms with Gasteiger partial charge in [-0.25, -0.2) is 9.59 Å². The third-order valence-corrected chi connectivity index (χ3v) is 2.48. The van der Waals surface area contributed by atoms with E-state index in [0.717, 1.165) is 7.11 Å². The van der Waals surface area contributed by atoms with Gasteiger partial charge in [0.1, 0.15) is 5.70 Å². The first-order valence-corrected chi connectivity index (χ1v) is 6.43. The van der Waals surface area contributed by atoms with Crippen LogP contribution in [0.25, 0.3) is 0 Å². The number of aliphatic hydroxyl groups excluding tert-OH is 1. The summed E-state index contributed by atoms with van der Waals surface area (Å²) in [6.45, 7) is 1.76. The van der Waals surface area contributed by atoms with E-state index in [4.69, 9.17) is 5.11 Å². The Morgan fingerprint density at radius 1 is 1.47 bits per heavy atom. The van der Waals surface area contributed by atoms with Gasteiger partial charge in [-0.2, -0.15) is 0 Å². The SMILES string of the molecule is CCOC(=O)C(=CC[P+](=O)CO)NC(=O)OC. The summed E-state index contributed by atoms with van der Waals surface area (Å²) in [5.74, 6) is -0.751. The zero-order chi connectivity index (χ0) is 13.3. The van der Waals surface area contributed by atoms with E-state index in [1.165, 1.54) is 6.08 Å². The molecule has 0 radical (unpaired) electrons. The van der Waals surface area contributed by atoms with Gasteiger partial charge in [0.2, 0.25) is 6.35 Å². The van der Waals surface area contributed by atoms with Crippen molar-refractivity contribution in [3.8, 4) is 0 Å². The number of carbonyl (C=O) groups is 2. The highest BCUT2D eigenvalue weighted by Gasteiger charge is 2.17. The summed E-state index contributed by atoms with van der Waals surface area (Å²) in [4.78, 5) is 22.3. The Morgan fingerprint density at radius 2 is 2.12 bits per heavy atom. The molecule has 96 valence electrons. The summed E-state index contributed by atoms with van der Waals surface area (Å²) < 4.78 is 20.0. The molecule has 1 atom stereocenters. The quantitative estimate of drug-likeness (QED) is 0.413. The predicted octanol–water partition coefficient (Wildman–Crippen LogP) is 0.567. The Morgan fingerprint density at radius 3 is 2.59 bits per heavy atom. The smallest absolute Gasteiger partial charge is 0.411 e. The van der Waals surface area contributed by atoms with Crippen molar-refractivity contribution < 1.29 is 28.7 Å². The first kappa shape index (κ1) is 15.5. The number of methoxy groups -OCH3 is 1. The number of aliphatic hydroxyl groups is 1. The molecule has 0 fully saturated rings. The lowest BCUT2D eigenvalue weighted by Gasteiger charge is -2.06. The molecule has 0 aliphatic rings. The van der Waals surface area contributed by atoms with Gasteiger partial charge in [-0.15, -0.1) is 0 Å². The minimum absolute atomic E-state index is 0.0377. The molecule has 0 aromatic rings. The van der Waals surface area contributed by atoms with Crippen molar-refractivity contribution in [2.45, 2.75) is 6.92 Å². The predicted molar refractivity (Wildman–Crippen MR) is 59.8 cm³/mol. The Labute approximate surface area is 99.6 Å². The van der Waals surface area contributed by atoms with E-state index in [1.54, 1.807) is 6.92 Å². The second-order valence-electron chi connectivity index (χ2n) is 2.76. The number of amides is 1. The first-order valence-electron chi connectivity index (χ1n) is 4.80. The van der Waals surface area contributed by atoms with Crippen LogP contribution in [-0.2, 0) is 18.8 Å². The van der Waals surface area contributed by atoms with E-state index in [2.05, 4.69) is 14.8 Å². The van der Waals surface area contributed by atoms with Gasteiger partial charge in [-0.05, 0) is 13.0 Å². The van der Waals surface area contributed by atoms with Gasteiger partial charge in [-0.3, -0.25) is 5.32 Å². The van der Waals surface area contributed by atoms with Crippen LogP contribution in [0.2, 0.25) is 0 Å². The third-order valence-electron chi connectivity index (χ3n) is 1.57. The number of hydrogen-bond acceptors (Lipinski definition) is 6. The van der Waals surface area contributed by atoms with Crippen LogP contribution in [0.3, 0.4) is 0 Å². The number of ether oxygens (including phenoxy) is 2. The van der Waals surface area contributed by atoms with Crippen LogP contribution < -0.4 is 5.32 Å². The Kier molecular flexibility index (Phi) is 7.92. The van der Waals surface area contributed by atoms with Crippen LogP contribution in [0.4, 0.5) is 4.79 Å². The van der Waals surface area contributed by atoms with E-state index >= 15 is 0 Å². The summed E-state index contributed by atoms with van der Waals surface area (Å²) in [5, 5.41) is 10.7. The molecule has 7 nitrogen and oxygen atoms in total. The lowest BCUT2D eigenvalue weighted by molar-refractivity contribution is -0.138. The maximum atomic E-state index is 11.4. The maximum Gasteiger partial charge on any atom is 0.411 e. The zero-order valence-corrected chi connectivity index (χ0v) is 10.5. The molecular formula is C9H15NO6P+. The van der Waals surface area contributed by atoms with Gasteiger partial charge in [0.15, 0.2) is 6.16 Å². The highest BCUT2D eigenvalue weighted by Crippen LogP contribution is 2.18. The maximum absolute atomic E-state index is 11.4. The molecule has 0 saturated heterocycles. The zero-order valence-electron chi connectivity index (χ0n) is 9.63. The van der Waals surface area contributed by atoms with E-state index in [9.17, 15) is 14.2 Å². The lowest BCUT2D eigenvalue weighted by Crippen LogP contribution is -2.28. The van der Waals surface area contributed by atoms with Crippen molar-refractivity contribution in [1.82, 2.24) is 5.32 Å². The topological polar surface area (TPSA) is 102 Å². The van der Waals surface area contributed by atoms with E-state index in [0.29, 0.717) is 0 Å². The summed E-state index contributed by atoms with van der Waals surface area (Å²) in [5.41, 5.74) is -0.157. The molecule has 2 N–H and O–H groups in total. The average molecular weight is 264 g/mol. The number of hydrogen-bond donors (Lipinski definition) is 2. The van der Waals surface area contributed by atoms with Crippen molar-refractivity contribution in [3.63, 3.8) is 0 Å². The summed E-state index contributed by atoms with van der Waals surface area (Å²) in [7, 11) is -0.700. The van der Waals surface area contributed by atoms with Gasteiger partial charge in [0.05, 0.1) is 13.7 Å². The van der Waals surface area contributed by atoms with Crippen LogP contribution >= 0.6 is 7.80 Å². The van der Waals surface area contributed by atoms with E-state index in [-0.39, 0.29) is 18.5 Å². The van der Waals surface area contributed by atoms with Crippen LogP contribution in [0.1, 0.15) is 6.92 Å². The molecule has 17 heavy (non-hydrogen) atoms. The molecule has 0 aromatic carbocycles. The minimum Gasteiger partial charge on any atom is -0.461 e. The van der Waals surface area contributed by atoms with Crippen molar-refractivity contribution in [1.29, 1.82) is 0 Å². The van der Waals surface area contributed by atoms with Crippen molar-refractivity contribution in [2.75, 3.05) is 26.2 Å². The Bertz CT molecular complexity index is 327. The molecule has 1 amide bonds. The standard InChI is InChI=1S/C9H14NO6P/c1-3-16-8(12)7(10-9(13)15-2)4-5-17(14)6-11/h4,11H,3,5-6H2,1-2H3/p+1. The molecule has 1 unspecified atom stereocenters. The summed E-state index contributed by atoms with van der Waals surface area (Å²) in [6, 6.07) is 0. The fraction of sp³-hybridized carbons (Fsp3) is 0.556. The van der Waals surface area contributed by atoms with Crippen molar-refractivity contribution in [3.05, 3.63) is 11.8 Å². The number of alkyl carbamates (subject to hydrolysis) is 1. The monoisotopic (exact) mass is 264 g/mol. The van der Waals surface area contributed by atoms with Crippen LogP contribution in [0.15, 0.2) is 11.8 Å². The number of allylic oxidation sites excluding steroid dienone is 1. The Hall–Kier alpha value is -1.46. The van der Waals surface area contributed by atoms with Crippen LogP contribution in [0.5, 0.6) is 0 Å². The number of rotatable bonds is 6. The number of carbonyl (C=O) groups excluding carboxylic acids is 2. The molecular weight excluding hydrogens is 249 g/mol. The normalized spacial score (nSPS) is 11.7. The average Bonchev–Trinajstić information content (AvgIpc) is 2.33. The largest absolute Gasteiger partial charge is 0.461 e. The summed E-state index contributed by atoms with van der Waals surface area (Å²) >= 11 is 0. The van der Waals surface area contributed by atoms with Crippen molar-refractivity contribution >= 4 is 19.9 Å². The van der Waals surface area contributed by atoms with Crippen molar-refractivity contribution in [2.24, 2.45) is 0 Å². The molecule has 0 rings (SSSR count). The summed E-state index contributed by atoms with van der Waals surface area (Å²) in [6.07, 6.45) is -0.128. The first-order chi connectivity index (χ1) is 8.04. The molecule has 0 aliphatic heterocycles. The number of nitrogens with one attached hydrogen (secondary N) is 1. The fourth-order valence-corrected chi connectivity index (χ4v) is 1.31. The highest BCUT2D eigenvalue weighted by atomic mass is 31.1. The second kappa shape index (κ2) is 8.66. The fourth-order valence-electron chi connectivity index (χ4n) is 0.806. The Balaban J connectivity index is 4.65. The lowest BCUT2D eigenvalue weighted by atomic mass is 10.4. The third kappa shape index (κ3) is 6.65. The molecule has 0 saturated carbocycles. The van der Waals surface area contributed by atoms with Crippen LogP contribution in [-0.4, -0.2) is 43.4 Å². The van der Waals surface area contributed by atoms with E-state index in [1.807, 2.05) is 0 Å². The van der Waals surface area contributed by atoms with Gasteiger partial charge in [0.25, 0.3) is 0 Å². The molecule has 8 heteroatoms. The van der Waals surface area contributed by atoms with Gasteiger partial charge in [0, 0.05) is 0 Å². The second-order valence-corrected chi connectivity index (χ2v) is 4.37. The molecule has 0 aliphatic carbocycles. The molecule has 0 spiro atoms. The van der Waals surface area contributed by atoms with Gasteiger partial charge in [-0.1, -0.05) is 4.57 Å². The van der Waals surface area contributed by atoms with E-state index < -0.39 is 26.2 Å². The molecule has 0 aromatic heterocycles. The number of esters is 1.